The molecule has 0 aromatic rings. The molecule has 0 aromatic heterocycles. The predicted molar refractivity (Wildman–Crippen MR) is 131 cm³/mol. The molecule has 0 spiro atoms. The lowest BCUT2D eigenvalue weighted by Gasteiger charge is -2.49. The van der Waals surface area contributed by atoms with E-state index in [0.717, 1.165) is 19.3 Å². The van der Waals surface area contributed by atoms with Crippen LogP contribution in [0.4, 0.5) is 0 Å². The van der Waals surface area contributed by atoms with E-state index in [4.69, 9.17) is 27.6 Å². The van der Waals surface area contributed by atoms with Crippen molar-refractivity contribution in [1.82, 2.24) is 0 Å². The third-order valence-corrected chi connectivity index (χ3v) is 14.3. The van der Waals surface area contributed by atoms with Crippen molar-refractivity contribution in [2.24, 2.45) is 23.2 Å². The summed E-state index contributed by atoms with van der Waals surface area (Å²) in [5.74, 6) is -1.16. The summed E-state index contributed by atoms with van der Waals surface area (Å²) in [7, 11) is -2.16. The number of carbonyl (C=O) groups is 2. The van der Waals surface area contributed by atoms with Crippen molar-refractivity contribution >= 4 is 43.1 Å². The Bertz CT molecular complexity index is 821. The maximum absolute atomic E-state index is 13.6. The molecule has 3 saturated carbocycles. The third-order valence-electron chi connectivity index (χ3n) is 9.01. The van der Waals surface area contributed by atoms with Crippen LogP contribution in [0.1, 0.15) is 80.6 Å². The third kappa shape index (κ3) is 4.24. The predicted octanol–water partition coefficient (Wildman–Crippen LogP) is 7.26. The molecule has 3 nitrogen and oxygen atoms in total. The van der Waals surface area contributed by atoms with E-state index in [1.165, 1.54) is 11.1 Å². The van der Waals surface area contributed by atoms with Gasteiger partial charge in [-0.25, -0.2) is 0 Å². The fraction of sp³-hybridized carbons (Fsp3) is 0.840. The molecule has 0 amide bonds. The molecular weight excluding hydrogens is 447 g/mol. The Morgan fingerprint density at radius 3 is 2.19 bits per heavy atom. The quantitative estimate of drug-likeness (QED) is 0.178. The number of alkyl halides is 2. The molecule has 31 heavy (non-hydrogen) atoms. The zero-order valence-corrected chi connectivity index (χ0v) is 23.3. The summed E-state index contributed by atoms with van der Waals surface area (Å²) in [6.07, 6.45) is 3.49. The van der Waals surface area contributed by atoms with E-state index in [1.54, 1.807) is 0 Å². The van der Waals surface area contributed by atoms with Gasteiger partial charge in [0.05, 0.1) is 11.5 Å². The van der Waals surface area contributed by atoms with Gasteiger partial charge >= 0.3 is 0 Å². The van der Waals surface area contributed by atoms with Crippen LogP contribution in [0.15, 0.2) is 11.1 Å². The molecule has 0 aliphatic heterocycles. The van der Waals surface area contributed by atoms with E-state index < -0.39 is 24.2 Å². The van der Waals surface area contributed by atoms with E-state index in [0.29, 0.717) is 6.42 Å². The largest absolute Gasteiger partial charge is 0.411 e. The van der Waals surface area contributed by atoms with Crippen molar-refractivity contribution in [3.63, 3.8) is 0 Å². The highest BCUT2D eigenvalue weighted by Gasteiger charge is 2.63. The maximum atomic E-state index is 13.6. The van der Waals surface area contributed by atoms with Crippen molar-refractivity contribution in [2.75, 3.05) is 0 Å². The first kappa shape index (κ1) is 25.5. The molecule has 5 atom stereocenters. The Balaban J connectivity index is 2.11. The minimum Gasteiger partial charge on any atom is -0.411 e. The molecule has 0 aromatic carbocycles. The summed E-state index contributed by atoms with van der Waals surface area (Å²) < 4.78 is 5.40. The van der Waals surface area contributed by atoms with Crippen LogP contribution in [-0.4, -0.2) is 29.8 Å². The lowest BCUT2D eigenvalue weighted by atomic mass is 9.63. The first-order valence-electron chi connectivity index (χ1n) is 11.7. The number of ketones is 2. The van der Waals surface area contributed by atoms with Gasteiger partial charge in [-0.2, -0.15) is 0 Å². The molecule has 0 radical (unpaired) electrons. The fourth-order valence-corrected chi connectivity index (χ4v) is 8.40. The highest BCUT2D eigenvalue weighted by Crippen LogP contribution is 2.61. The van der Waals surface area contributed by atoms with Crippen LogP contribution in [0.2, 0.25) is 18.1 Å². The van der Waals surface area contributed by atoms with Gasteiger partial charge in [0.25, 0.3) is 0 Å². The summed E-state index contributed by atoms with van der Waals surface area (Å²) in [6.45, 7) is 19.7. The van der Waals surface area contributed by atoms with E-state index in [-0.39, 0.29) is 40.3 Å². The van der Waals surface area contributed by atoms with Gasteiger partial charge < -0.3 is 4.43 Å². The van der Waals surface area contributed by atoms with Crippen molar-refractivity contribution in [1.29, 1.82) is 0 Å². The fourth-order valence-electron chi connectivity index (χ4n) is 6.16. The molecule has 0 N–H and O–H groups in total. The number of Topliss-reactive ketones (excluding diaryl/α,β-unsaturated/α-hetero) is 2. The molecule has 3 fully saturated rings. The minimum atomic E-state index is -2.16. The molecule has 0 unspecified atom stereocenters. The Kier molecular flexibility index (Phi) is 6.31. The number of hydrogen-bond donors (Lipinski definition) is 0. The zero-order chi connectivity index (χ0) is 23.8. The second kappa shape index (κ2) is 7.68. The monoisotopic (exact) mass is 486 g/mol. The van der Waals surface area contributed by atoms with Gasteiger partial charge in [-0.1, -0.05) is 62.0 Å². The number of allylic oxidation sites excluding steroid dienone is 2. The first-order valence-corrected chi connectivity index (χ1v) is 15.3. The molecular formula is C25H40Cl2O3Si. The van der Waals surface area contributed by atoms with E-state index in [1.807, 2.05) is 0 Å². The minimum absolute atomic E-state index is 0.0144. The summed E-state index contributed by atoms with van der Waals surface area (Å²) in [5.41, 5.74) is 1.97. The molecule has 3 rings (SSSR count). The number of hydrogen-bond acceptors (Lipinski definition) is 3. The summed E-state index contributed by atoms with van der Waals surface area (Å²) >= 11 is 13.5. The topological polar surface area (TPSA) is 43.4 Å². The average molecular weight is 488 g/mol. The van der Waals surface area contributed by atoms with Gasteiger partial charge in [0.15, 0.2) is 18.4 Å². The molecule has 0 bridgehead atoms. The molecule has 176 valence electrons. The van der Waals surface area contributed by atoms with Gasteiger partial charge in [-0.15, -0.1) is 0 Å². The second-order valence-electron chi connectivity index (χ2n) is 12.6. The Morgan fingerprint density at radius 2 is 1.68 bits per heavy atom. The van der Waals surface area contributed by atoms with Crippen molar-refractivity contribution in [2.45, 2.75) is 109 Å². The molecule has 3 aliphatic carbocycles. The van der Waals surface area contributed by atoms with Crippen LogP contribution in [0.5, 0.6) is 0 Å². The van der Waals surface area contributed by atoms with Crippen molar-refractivity contribution in [3.05, 3.63) is 11.1 Å². The van der Waals surface area contributed by atoms with Crippen LogP contribution < -0.4 is 0 Å². The average Bonchev–Trinajstić information content (AvgIpc) is 2.99. The van der Waals surface area contributed by atoms with E-state index in [9.17, 15) is 9.59 Å². The van der Waals surface area contributed by atoms with Crippen molar-refractivity contribution in [3.8, 4) is 0 Å². The highest BCUT2D eigenvalue weighted by atomic mass is 35.5. The number of halogens is 2. The van der Waals surface area contributed by atoms with Crippen LogP contribution in [0.25, 0.3) is 0 Å². The molecule has 0 saturated heterocycles. The lowest BCUT2D eigenvalue weighted by Crippen LogP contribution is -2.53. The second-order valence-corrected chi connectivity index (χ2v) is 18.8. The van der Waals surface area contributed by atoms with Crippen LogP contribution in [0, 0.1) is 23.2 Å². The molecule has 0 heterocycles. The Morgan fingerprint density at radius 1 is 1.10 bits per heavy atom. The van der Waals surface area contributed by atoms with Gasteiger partial charge in [-0.05, 0) is 75.9 Å². The summed E-state index contributed by atoms with van der Waals surface area (Å²) in [5, 5.41) is 0.0144. The van der Waals surface area contributed by atoms with Crippen molar-refractivity contribution < 1.29 is 14.0 Å². The Hall–Kier alpha value is -0.163. The zero-order valence-electron chi connectivity index (χ0n) is 20.7. The molecule has 6 heteroatoms. The highest BCUT2D eigenvalue weighted by molar-refractivity contribution is 6.74. The smallest absolute Gasteiger partial charge is 0.192 e. The number of rotatable bonds is 2. The maximum Gasteiger partial charge on any atom is 0.192 e. The summed E-state index contributed by atoms with van der Waals surface area (Å²) in [6, 6.07) is 0. The molecule has 3 aliphatic rings. The number of fused-ring (bicyclic) bond motifs is 2. The Labute approximate surface area is 199 Å². The van der Waals surface area contributed by atoms with Gasteiger partial charge in [0.2, 0.25) is 0 Å². The van der Waals surface area contributed by atoms with E-state index >= 15 is 0 Å². The van der Waals surface area contributed by atoms with Gasteiger partial charge in [-0.3, -0.25) is 9.59 Å². The lowest BCUT2D eigenvalue weighted by molar-refractivity contribution is -0.134. The normalized spacial score (nSPS) is 38.5. The first-order chi connectivity index (χ1) is 13.8. The summed E-state index contributed by atoms with van der Waals surface area (Å²) in [4.78, 5) is 26.9. The van der Waals surface area contributed by atoms with Crippen LogP contribution in [-0.2, 0) is 14.0 Å². The number of carbonyl (C=O) groups excluding carboxylic acids is 2. The van der Waals surface area contributed by atoms with Gasteiger partial charge in [0, 0.05) is 12.3 Å². The SMILES string of the molecule is CC(C)=C1CC[C@]2(C)C[C@H]3[C@@H](C(=O)C[C@@]3(C)O[Si](C)(C)C(C)(C)C)C(=O)C(Cl)(Cl)C[C@@H]12. The van der Waals surface area contributed by atoms with E-state index in [2.05, 4.69) is 61.6 Å². The van der Waals surface area contributed by atoms with Crippen LogP contribution >= 0.6 is 23.2 Å². The standard InChI is InChI=1S/C25H40Cl2O3Si/c1-15(2)16-10-11-23(6)12-18-20(21(29)25(26,27)13-17(16)23)19(28)14-24(18,7)30-31(8,9)22(3,4)5/h17-18,20H,10-14H2,1-9H3/t17-,18-,20-,23+,24+/m0/s1. The van der Waals surface area contributed by atoms with Gasteiger partial charge in [0.1, 0.15) is 5.78 Å². The van der Waals surface area contributed by atoms with Crippen LogP contribution in [0.3, 0.4) is 0 Å².